The van der Waals surface area contributed by atoms with Crippen molar-refractivity contribution in [3.8, 4) is 6.07 Å². The maximum atomic E-state index is 9.15. The van der Waals surface area contributed by atoms with Crippen LogP contribution >= 0.6 is 11.6 Å². The lowest BCUT2D eigenvalue weighted by Crippen LogP contribution is -2.39. The highest BCUT2D eigenvalue weighted by Crippen LogP contribution is 2.30. The maximum Gasteiger partial charge on any atom is 0.101 e. The van der Waals surface area contributed by atoms with Crippen molar-refractivity contribution in [1.29, 1.82) is 5.26 Å². The van der Waals surface area contributed by atoms with Gasteiger partial charge in [0.2, 0.25) is 0 Å². The molecule has 1 aromatic rings. The lowest BCUT2D eigenvalue weighted by Gasteiger charge is -2.37. The van der Waals surface area contributed by atoms with E-state index in [0.29, 0.717) is 16.9 Å². The summed E-state index contributed by atoms with van der Waals surface area (Å²) in [5, 5.41) is 9.85. The molecule has 2 atom stereocenters. The van der Waals surface area contributed by atoms with Crippen LogP contribution in [0.1, 0.15) is 25.8 Å². The predicted molar refractivity (Wildman–Crippen MR) is 71.3 cm³/mol. The molecule has 90 valence electrons. The van der Waals surface area contributed by atoms with Gasteiger partial charge in [0.1, 0.15) is 6.07 Å². The first-order valence-corrected chi connectivity index (χ1v) is 6.42. The van der Waals surface area contributed by atoms with Crippen molar-refractivity contribution in [1.82, 2.24) is 0 Å². The number of rotatable bonds is 1. The normalized spacial score (nSPS) is 24.5. The summed E-state index contributed by atoms with van der Waals surface area (Å²) >= 11 is 6.03. The van der Waals surface area contributed by atoms with Gasteiger partial charge in [-0.15, -0.1) is 0 Å². The van der Waals surface area contributed by atoms with Crippen molar-refractivity contribution in [2.24, 2.45) is 11.8 Å². The number of nitriles is 1. The molecule has 0 aliphatic carbocycles. The number of piperidine rings is 1. The zero-order valence-corrected chi connectivity index (χ0v) is 11.0. The molecule has 1 heterocycles. The molecule has 2 nitrogen and oxygen atoms in total. The summed E-state index contributed by atoms with van der Waals surface area (Å²) in [7, 11) is 0. The smallest absolute Gasteiger partial charge is 0.101 e. The summed E-state index contributed by atoms with van der Waals surface area (Å²) in [5.41, 5.74) is 1.70. The molecule has 0 spiro atoms. The Kier molecular flexibility index (Phi) is 3.59. The van der Waals surface area contributed by atoms with Gasteiger partial charge in [-0.1, -0.05) is 25.4 Å². The number of anilines is 1. The molecule has 1 aliphatic heterocycles. The molecule has 0 aromatic heterocycles. The highest BCUT2D eigenvalue weighted by molar-refractivity contribution is 6.30. The van der Waals surface area contributed by atoms with E-state index in [-0.39, 0.29) is 0 Å². The Morgan fingerprint density at radius 1 is 1.29 bits per heavy atom. The van der Waals surface area contributed by atoms with Crippen LogP contribution in [0, 0.1) is 23.2 Å². The monoisotopic (exact) mass is 248 g/mol. The van der Waals surface area contributed by atoms with Crippen molar-refractivity contribution < 1.29 is 0 Å². The summed E-state index contributed by atoms with van der Waals surface area (Å²) in [5.74, 6) is 1.34. The van der Waals surface area contributed by atoms with Gasteiger partial charge in [0, 0.05) is 18.1 Å². The van der Waals surface area contributed by atoms with Gasteiger partial charge < -0.3 is 4.90 Å². The van der Waals surface area contributed by atoms with Crippen molar-refractivity contribution in [2.45, 2.75) is 20.3 Å². The number of halogens is 1. The number of hydrogen-bond donors (Lipinski definition) is 0. The van der Waals surface area contributed by atoms with E-state index in [1.165, 1.54) is 6.42 Å². The summed E-state index contributed by atoms with van der Waals surface area (Å²) in [6.07, 6.45) is 1.26. The number of benzene rings is 1. The fourth-order valence-corrected chi connectivity index (χ4v) is 2.89. The zero-order chi connectivity index (χ0) is 12.4. The molecule has 1 fully saturated rings. The van der Waals surface area contributed by atoms with E-state index in [9.17, 15) is 0 Å². The average molecular weight is 249 g/mol. The van der Waals surface area contributed by atoms with Crippen LogP contribution < -0.4 is 4.90 Å². The average Bonchev–Trinajstić information content (AvgIpc) is 2.27. The summed E-state index contributed by atoms with van der Waals surface area (Å²) in [6.45, 7) is 6.55. The molecule has 1 aromatic carbocycles. The Bertz CT molecular complexity index is 440. The van der Waals surface area contributed by atoms with Crippen LogP contribution in [-0.2, 0) is 0 Å². The minimum atomic E-state index is 0.671. The summed E-state index contributed by atoms with van der Waals surface area (Å²) in [4.78, 5) is 2.29. The van der Waals surface area contributed by atoms with Gasteiger partial charge >= 0.3 is 0 Å². The molecule has 1 aliphatic rings. The van der Waals surface area contributed by atoms with Crippen LogP contribution in [-0.4, -0.2) is 13.1 Å². The maximum absolute atomic E-state index is 9.15. The summed E-state index contributed by atoms with van der Waals surface area (Å²) in [6, 6.07) is 7.74. The first-order valence-electron chi connectivity index (χ1n) is 6.04. The number of nitrogens with zero attached hydrogens (tertiary/aromatic N) is 2. The Morgan fingerprint density at radius 2 is 1.94 bits per heavy atom. The van der Waals surface area contributed by atoms with E-state index in [2.05, 4.69) is 24.8 Å². The third-order valence-electron chi connectivity index (χ3n) is 3.29. The van der Waals surface area contributed by atoms with Gasteiger partial charge in [0.25, 0.3) is 0 Å². The highest BCUT2D eigenvalue weighted by Gasteiger charge is 2.23. The van der Waals surface area contributed by atoms with Crippen molar-refractivity contribution in [3.05, 3.63) is 28.8 Å². The molecule has 0 amide bonds. The van der Waals surface area contributed by atoms with Crippen molar-refractivity contribution >= 4 is 17.3 Å². The van der Waals surface area contributed by atoms with Crippen LogP contribution in [0.2, 0.25) is 5.02 Å². The van der Waals surface area contributed by atoms with E-state index in [1.807, 2.05) is 12.1 Å². The molecular weight excluding hydrogens is 232 g/mol. The Labute approximate surface area is 108 Å². The zero-order valence-electron chi connectivity index (χ0n) is 10.3. The highest BCUT2D eigenvalue weighted by atomic mass is 35.5. The molecule has 1 saturated heterocycles. The minimum absolute atomic E-state index is 0.671. The van der Waals surface area contributed by atoms with Crippen molar-refractivity contribution in [3.63, 3.8) is 0 Å². The van der Waals surface area contributed by atoms with Gasteiger partial charge in [-0.3, -0.25) is 0 Å². The fraction of sp³-hybridized carbons (Fsp3) is 0.500. The van der Waals surface area contributed by atoms with Crippen LogP contribution in [0.3, 0.4) is 0 Å². The predicted octanol–water partition coefficient (Wildman–Crippen LogP) is 3.69. The molecule has 3 heteroatoms. The third kappa shape index (κ3) is 2.73. The Hall–Kier alpha value is -1.20. The van der Waals surface area contributed by atoms with E-state index < -0.39 is 0 Å². The molecule has 0 N–H and O–H groups in total. The van der Waals surface area contributed by atoms with E-state index >= 15 is 0 Å². The number of hydrogen-bond acceptors (Lipinski definition) is 2. The van der Waals surface area contributed by atoms with Crippen LogP contribution in [0.15, 0.2) is 18.2 Å². The van der Waals surface area contributed by atoms with Gasteiger partial charge in [-0.05, 0) is 36.5 Å². The fourth-order valence-electron chi connectivity index (χ4n) is 2.72. The molecule has 17 heavy (non-hydrogen) atoms. The standard InChI is InChI=1S/C14H17ClN2/c1-10-5-11(2)9-17(8-10)14-6-13(15)4-3-12(14)7-16/h3-4,6,10-11H,5,8-9H2,1-2H3. The lowest BCUT2D eigenvalue weighted by atomic mass is 9.91. The Morgan fingerprint density at radius 3 is 2.53 bits per heavy atom. The Balaban J connectivity index is 2.33. The van der Waals surface area contributed by atoms with Crippen LogP contribution in [0.25, 0.3) is 0 Å². The molecule has 0 radical (unpaired) electrons. The van der Waals surface area contributed by atoms with Gasteiger partial charge in [0.05, 0.1) is 11.3 Å². The topological polar surface area (TPSA) is 27.0 Å². The van der Waals surface area contributed by atoms with E-state index in [1.54, 1.807) is 6.07 Å². The summed E-state index contributed by atoms with van der Waals surface area (Å²) < 4.78 is 0. The first kappa shape index (κ1) is 12.3. The molecule has 2 rings (SSSR count). The second kappa shape index (κ2) is 4.98. The first-order chi connectivity index (χ1) is 8.10. The van der Waals surface area contributed by atoms with Gasteiger partial charge in [0.15, 0.2) is 0 Å². The van der Waals surface area contributed by atoms with Gasteiger partial charge in [-0.2, -0.15) is 5.26 Å². The third-order valence-corrected chi connectivity index (χ3v) is 3.52. The molecule has 2 unspecified atom stereocenters. The van der Waals surface area contributed by atoms with Crippen molar-refractivity contribution in [2.75, 3.05) is 18.0 Å². The molecular formula is C14H17ClN2. The SMILES string of the molecule is CC1CC(C)CN(c2cc(Cl)ccc2C#N)C1. The second-order valence-corrected chi connectivity index (χ2v) is 5.56. The lowest BCUT2D eigenvalue weighted by molar-refractivity contribution is 0.357. The minimum Gasteiger partial charge on any atom is -0.370 e. The van der Waals surface area contributed by atoms with Crippen LogP contribution in [0.5, 0.6) is 0 Å². The second-order valence-electron chi connectivity index (χ2n) is 5.12. The van der Waals surface area contributed by atoms with E-state index in [0.717, 1.165) is 24.3 Å². The van der Waals surface area contributed by atoms with Crippen LogP contribution in [0.4, 0.5) is 5.69 Å². The molecule has 0 bridgehead atoms. The quantitative estimate of drug-likeness (QED) is 0.758. The van der Waals surface area contributed by atoms with Gasteiger partial charge in [-0.25, -0.2) is 0 Å². The molecule has 0 saturated carbocycles. The largest absolute Gasteiger partial charge is 0.370 e. The van der Waals surface area contributed by atoms with E-state index in [4.69, 9.17) is 16.9 Å².